The number of hydrogen-bond acceptors (Lipinski definition) is 7. The van der Waals surface area contributed by atoms with Gasteiger partial charge in [-0.3, -0.25) is 0 Å². The molecule has 138 valence electrons. The number of anilines is 4. The Labute approximate surface area is 157 Å². The fourth-order valence-electron chi connectivity index (χ4n) is 2.49. The van der Waals surface area contributed by atoms with Gasteiger partial charge in [0.15, 0.2) is 5.82 Å². The molecule has 0 amide bonds. The van der Waals surface area contributed by atoms with E-state index in [1.165, 1.54) is 11.8 Å². The lowest BCUT2D eigenvalue weighted by Crippen LogP contribution is -2.09. The highest BCUT2D eigenvalue weighted by Gasteiger charge is 2.12. The van der Waals surface area contributed by atoms with E-state index in [9.17, 15) is 4.79 Å². The topological polar surface area (TPSA) is 89.0 Å². The maximum atomic E-state index is 12.1. The van der Waals surface area contributed by atoms with Crippen molar-refractivity contribution in [1.29, 1.82) is 0 Å². The van der Waals surface area contributed by atoms with Gasteiger partial charge in [0, 0.05) is 5.69 Å². The number of hydrogen-bond donors (Lipinski definition) is 2. The van der Waals surface area contributed by atoms with Crippen molar-refractivity contribution in [3.63, 3.8) is 0 Å². The normalized spacial score (nSPS) is 10.3. The summed E-state index contributed by atoms with van der Waals surface area (Å²) in [6, 6.07) is 15.1. The number of carbonyl (C=O) groups excluding carboxylic acids is 1. The summed E-state index contributed by atoms with van der Waals surface area (Å²) in [5.74, 6) is 0.435. The molecule has 0 radical (unpaired) electrons. The van der Waals surface area contributed by atoms with Gasteiger partial charge in [-0.25, -0.2) is 4.79 Å². The van der Waals surface area contributed by atoms with E-state index in [1.807, 2.05) is 30.3 Å². The van der Waals surface area contributed by atoms with E-state index >= 15 is 0 Å². The first-order chi connectivity index (χ1) is 13.2. The predicted molar refractivity (Wildman–Crippen MR) is 105 cm³/mol. The van der Waals surface area contributed by atoms with Crippen molar-refractivity contribution in [1.82, 2.24) is 15.2 Å². The van der Waals surface area contributed by atoms with Crippen LogP contribution in [-0.2, 0) is 11.2 Å². The largest absolute Gasteiger partial charge is 0.462 e. The summed E-state index contributed by atoms with van der Waals surface area (Å²) < 4.78 is 5.09. The number of aromatic nitrogens is 3. The van der Waals surface area contributed by atoms with Crippen LogP contribution >= 0.6 is 0 Å². The van der Waals surface area contributed by atoms with Gasteiger partial charge in [0.1, 0.15) is 0 Å². The molecule has 0 unspecified atom stereocenters. The Hall–Kier alpha value is -3.48. The van der Waals surface area contributed by atoms with Crippen molar-refractivity contribution in [2.24, 2.45) is 0 Å². The molecule has 0 atom stereocenters. The quantitative estimate of drug-likeness (QED) is 0.611. The highest BCUT2D eigenvalue weighted by Crippen LogP contribution is 2.21. The minimum atomic E-state index is -0.392. The van der Waals surface area contributed by atoms with E-state index in [0.717, 1.165) is 12.1 Å². The first kappa shape index (κ1) is 18.3. The average molecular weight is 363 g/mol. The Bertz CT molecular complexity index is 912. The second-order valence-electron chi connectivity index (χ2n) is 5.73. The van der Waals surface area contributed by atoms with Gasteiger partial charge in [0.25, 0.3) is 0 Å². The zero-order valence-electron chi connectivity index (χ0n) is 15.3. The van der Waals surface area contributed by atoms with E-state index in [2.05, 4.69) is 32.7 Å². The molecule has 27 heavy (non-hydrogen) atoms. The fourth-order valence-corrected chi connectivity index (χ4v) is 2.49. The molecule has 0 bridgehead atoms. The summed E-state index contributed by atoms with van der Waals surface area (Å²) in [6.45, 7) is 4.19. The number of nitrogens with one attached hydrogen (secondary N) is 2. The zero-order chi connectivity index (χ0) is 19.1. The molecule has 1 heterocycles. The molecule has 0 aliphatic heterocycles. The second-order valence-corrected chi connectivity index (χ2v) is 5.73. The van der Waals surface area contributed by atoms with Crippen molar-refractivity contribution in [3.8, 4) is 0 Å². The van der Waals surface area contributed by atoms with E-state index in [0.29, 0.717) is 29.6 Å². The van der Waals surface area contributed by atoms with Crippen molar-refractivity contribution in [3.05, 3.63) is 65.9 Å². The average Bonchev–Trinajstić information content (AvgIpc) is 2.69. The molecule has 0 saturated carbocycles. The van der Waals surface area contributed by atoms with Crippen LogP contribution in [0, 0.1) is 0 Å². The van der Waals surface area contributed by atoms with Gasteiger partial charge in [0.2, 0.25) is 5.95 Å². The van der Waals surface area contributed by atoms with Crippen LogP contribution in [0.25, 0.3) is 0 Å². The van der Waals surface area contributed by atoms with Crippen molar-refractivity contribution < 1.29 is 9.53 Å². The van der Waals surface area contributed by atoms with Crippen LogP contribution in [-0.4, -0.2) is 27.8 Å². The molecule has 2 aromatic carbocycles. The molecule has 2 N–H and O–H groups in total. The van der Waals surface area contributed by atoms with Gasteiger partial charge < -0.3 is 15.4 Å². The number of aryl methyl sites for hydroxylation is 1. The Balaban J connectivity index is 1.77. The highest BCUT2D eigenvalue weighted by atomic mass is 16.5. The van der Waals surface area contributed by atoms with Crippen molar-refractivity contribution >= 4 is 29.1 Å². The van der Waals surface area contributed by atoms with Crippen LogP contribution in [0.3, 0.4) is 0 Å². The molecule has 1 aromatic heterocycles. The molecule has 0 spiro atoms. The summed E-state index contributed by atoms with van der Waals surface area (Å²) in [5, 5.41) is 14.2. The standard InChI is InChI=1S/C20H21N5O2/c1-3-14-9-11-15(12-10-14)22-20-24-18(13-21-25-20)23-17-8-6-5-7-16(17)19(26)27-4-2/h5-13H,3-4H2,1-2H3,(H2,22,23,24,25). The number of rotatable bonds is 7. The van der Waals surface area contributed by atoms with Gasteiger partial charge in [-0.05, 0) is 43.2 Å². The lowest BCUT2D eigenvalue weighted by molar-refractivity contribution is 0.0527. The van der Waals surface area contributed by atoms with Crippen molar-refractivity contribution in [2.45, 2.75) is 20.3 Å². The summed E-state index contributed by atoms with van der Waals surface area (Å²) in [7, 11) is 0. The van der Waals surface area contributed by atoms with Crippen LogP contribution in [0.1, 0.15) is 29.8 Å². The summed E-state index contributed by atoms with van der Waals surface area (Å²) in [4.78, 5) is 16.5. The Kier molecular flexibility index (Phi) is 5.94. The molecular formula is C20H21N5O2. The Morgan fingerprint density at radius 3 is 2.56 bits per heavy atom. The van der Waals surface area contributed by atoms with Gasteiger partial charge >= 0.3 is 5.97 Å². The predicted octanol–water partition coefficient (Wildman–Crippen LogP) is 4.10. The van der Waals surface area contributed by atoms with Gasteiger partial charge in [-0.15, -0.1) is 5.10 Å². The monoisotopic (exact) mass is 363 g/mol. The number of ether oxygens (including phenoxy) is 1. The molecular weight excluding hydrogens is 342 g/mol. The zero-order valence-corrected chi connectivity index (χ0v) is 15.3. The van der Waals surface area contributed by atoms with Crippen LogP contribution in [0.15, 0.2) is 54.7 Å². The summed E-state index contributed by atoms with van der Waals surface area (Å²) in [6.07, 6.45) is 2.48. The molecule has 0 aliphatic rings. The number of esters is 1. The molecule has 0 aliphatic carbocycles. The first-order valence-corrected chi connectivity index (χ1v) is 8.78. The van der Waals surface area contributed by atoms with E-state index in [1.54, 1.807) is 25.1 Å². The lowest BCUT2D eigenvalue weighted by atomic mass is 10.1. The van der Waals surface area contributed by atoms with Gasteiger partial charge in [-0.2, -0.15) is 10.1 Å². The molecule has 3 rings (SSSR count). The van der Waals surface area contributed by atoms with Crippen LogP contribution in [0.4, 0.5) is 23.1 Å². The van der Waals surface area contributed by atoms with Gasteiger partial charge in [0.05, 0.1) is 24.1 Å². The summed E-state index contributed by atoms with van der Waals surface area (Å²) in [5.41, 5.74) is 3.15. The molecule has 7 heteroatoms. The van der Waals surface area contributed by atoms with Gasteiger partial charge in [-0.1, -0.05) is 31.2 Å². The molecule has 0 saturated heterocycles. The van der Waals surface area contributed by atoms with E-state index in [4.69, 9.17) is 4.74 Å². The minimum Gasteiger partial charge on any atom is -0.462 e. The number of para-hydroxylation sites is 1. The van der Waals surface area contributed by atoms with Crippen LogP contribution < -0.4 is 10.6 Å². The van der Waals surface area contributed by atoms with Crippen LogP contribution in [0.5, 0.6) is 0 Å². The maximum absolute atomic E-state index is 12.1. The molecule has 3 aromatic rings. The lowest BCUT2D eigenvalue weighted by Gasteiger charge is -2.11. The summed E-state index contributed by atoms with van der Waals surface area (Å²) >= 11 is 0. The Morgan fingerprint density at radius 1 is 1.04 bits per heavy atom. The third-order valence-electron chi connectivity index (χ3n) is 3.86. The number of nitrogens with zero attached hydrogens (tertiary/aromatic N) is 3. The fraction of sp³-hybridized carbons (Fsp3) is 0.200. The molecule has 7 nitrogen and oxygen atoms in total. The second kappa shape index (κ2) is 8.75. The van der Waals surface area contributed by atoms with E-state index in [-0.39, 0.29) is 0 Å². The molecule has 0 fully saturated rings. The Morgan fingerprint density at radius 2 is 1.81 bits per heavy atom. The minimum absolute atomic E-state index is 0.313. The SMILES string of the molecule is CCOC(=O)c1ccccc1Nc1cnnc(Nc2ccc(CC)cc2)n1. The maximum Gasteiger partial charge on any atom is 0.340 e. The third kappa shape index (κ3) is 4.78. The van der Waals surface area contributed by atoms with Crippen LogP contribution in [0.2, 0.25) is 0 Å². The highest BCUT2D eigenvalue weighted by molar-refractivity contribution is 5.96. The smallest absolute Gasteiger partial charge is 0.340 e. The van der Waals surface area contributed by atoms with E-state index < -0.39 is 5.97 Å². The van der Waals surface area contributed by atoms with Crippen molar-refractivity contribution in [2.75, 3.05) is 17.2 Å². The first-order valence-electron chi connectivity index (χ1n) is 8.78. The number of carbonyl (C=O) groups is 1. The number of benzene rings is 2. The third-order valence-corrected chi connectivity index (χ3v) is 3.86.